The lowest BCUT2D eigenvalue weighted by molar-refractivity contribution is -0.135. The van der Waals surface area contributed by atoms with Gasteiger partial charge in [-0.1, -0.05) is 67.9 Å². The minimum Gasteiger partial charge on any atom is -0.497 e. The van der Waals surface area contributed by atoms with E-state index in [0.29, 0.717) is 48.9 Å². The highest BCUT2D eigenvalue weighted by Gasteiger charge is 2.19. The van der Waals surface area contributed by atoms with Crippen LogP contribution >= 0.6 is 0 Å². The molecule has 4 aromatic carbocycles. The van der Waals surface area contributed by atoms with Gasteiger partial charge in [0.05, 0.1) is 14.2 Å². The first-order chi connectivity index (χ1) is 22.1. The van der Waals surface area contributed by atoms with E-state index in [1.807, 2.05) is 81.4 Å². The Balaban J connectivity index is 0.000000441. The molecule has 0 aliphatic rings. The van der Waals surface area contributed by atoms with E-state index in [1.54, 1.807) is 62.4 Å². The normalized spacial score (nSPS) is 10.3. The second-order valence-electron chi connectivity index (χ2n) is 11.1. The predicted octanol–water partition coefficient (Wildman–Crippen LogP) is 6.90. The standard InChI is InChI=1S/C29H34N2O4.C9H10O2/c1-21(2)29(33)31(17-16-30-28(32)25-13-10-22(3)11-14-25)19-24-12-15-26(27(18-24)34-4)35-20-23-8-6-5-7-9-23;1-7(10)8-3-5-9(11-2)6-4-8/h5-15,18,21H,16-17,19-20H2,1-4H3,(H,30,32);3-6H,1-2H3. The van der Waals surface area contributed by atoms with Crippen LogP contribution < -0.4 is 19.5 Å². The van der Waals surface area contributed by atoms with E-state index < -0.39 is 0 Å². The number of Topliss-reactive ketones (excluding diaryl/α,β-unsaturated/α-hetero) is 1. The first kappa shape index (κ1) is 35.4. The fourth-order valence-electron chi connectivity index (χ4n) is 4.45. The van der Waals surface area contributed by atoms with Crippen LogP contribution in [-0.2, 0) is 17.9 Å². The van der Waals surface area contributed by atoms with Crippen molar-refractivity contribution < 1.29 is 28.6 Å². The molecule has 8 heteroatoms. The highest BCUT2D eigenvalue weighted by atomic mass is 16.5. The Morgan fingerprint density at radius 3 is 2.00 bits per heavy atom. The number of hydrogen-bond acceptors (Lipinski definition) is 6. The minimum absolute atomic E-state index is 0.0259. The summed E-state index contributed by atoms with van der Waals surface area (Å²) in [7, 11) is 3.20. The zero-order valence-electron chi connectivity index (χ0n) is 27.5. The van der Waals surface area contributed by atoms with Gasteiger partial charge in [-0.2, -0.15) is 0 Å². The van der Waals surface area contributed by atoms with E-state index in [1.165, 1.54) is 0 Å². The number of benzene rings is 4. The maximum Gasteiger partial charge on any atom is 0.251 e. The zero-order valence-corrected chi connectivity index (χ0v) is 27.5. The summed E-state index contributed by atoms with van der Waals surface area (Å²) in [6.07, 6.45) is 0. The quantitative estimate of drug-likeness (QED) is 0.163. The molecule has 1 N–H and O–H groups in total. The van der Waals surface area contributed by atoms with Crippen molar-refractivity contribution in [3.05, 3.63) is 125 Å². The van der Waals surface area contributed by atoms with Crippen LogP contribution in [0.4, 0.5) is 0 Å². The summed E-state index contributed by atoms with van der Waals surface area (Å²) in [4.78, 5) is 37.9. The van der Waals surface area contributed by atoms with Crippen molar-refractivity contribution >= 4 is 17.6 Å². The molecule has 0 saturated carbocycles. The van der Waals surface area contributed by atoms with Gasteiger partial charge < -0.3 is 24.4 Å². The molecule has 0 unspecified atom stereocenters. The van der Waals surface area contributed by atoms with Crippen LogP contribution in [0.1, 0.15) is 58.2 Å². The minimum atomic E-state index is -0.154. The Morgan fingerprint density at radius 2 is 1.41 bits per heavy atom. The van der Waals surface area contributed by atoms with Gasteiger partial charge in [0.1, 0.15) is 12.4 Å². The Labute approximate surface area is 272 Å². The highest BCUT2D eigenvalue weighted by molar-refractivity contribution is 5.94. The van der Waals surface area contributed by atoms with Crippen molar-refractivity contribution in [1.29, 1.82) is 0 Å². The number of nitrogens with zero attached hydrogens (tertiary/aromatic N) is 1. The fraction of sp³-hybridized carbons (Fsp3) is 0.289. The van der Waals surface area contributed by atoms with Gasteiger partial charge in [0, 0.05) is 36.7 Å². The molecule has 0 aromatic heterocycles. The van der Waals surface area contributed by atoms with Gasteiger partial charge in [-0.25, -0.2) is 0 Å². The number of ether oxygens (including phenoxy) is 3. The van der Waals surface area contributed by atoms with Gasteiger partial charge in [-0.3, -0.25) is 14.4 Å². The highest BCUT2D eigenvalue weighted by Crippen LogP contribution is 2.29. The zero-order chi connectivity index (χ0) is 33.5. The second-order valence-corrected chi connectivity index (χ2v) is 11.1. The molecule has 242 valence electrons. The first-order valence-corrected chi connectivity index (χ1v) is 15.2. The Bertz CT molecular complexity index is 1550. The largest absolute Gasteiger partial charge is 0.497 e. The molecule has 0 atom stereocenters. The molecule has 0 fully saturated rings. The third-order valence-electron chi connectivity index (χ3n) is 7.12. The average molecular weight is 625 g/mol. The van der Waals surface area contributed by atoms with Crippen molar-refractivity contribution in [3.63, 3.8) is 0 Å². The van der Waals surface area contributed by atoms with E-state index in [-0.39, 0.29) is 23.5 Å². The van der Waals surface area contributed by atoms with E-state index in [4.69, 9.17) is 14.2 Å². The molecule has 0 radical (unpaired) electrons. The summed E-state index contributed by atoms with van der Waals surface area (Å²) in [6.45, 7) is 8.89. The molecule has 0 spiro atoms. The number of rotatable bonds is 13. The maximum absolute atomic E-state index is 12.9. The van der Waals surface area contributed by atoms with Gasteiger partial charge >= 0.3 is 0 Å². The number of hydrogen-bond donors (Lipinski definition) is 1. The number of carbonyl (C=O) groups excluding carboxylic acids is 3. The topological polar surface area (TPSA) is 94.2 Å². The monoisotopic (exact) mass is 624 g/mol. The lowest BCUT2D eigenvalue weighted by Crippen LogP contribution is -2.40. The molecule has 2 amide bonds. The Morgan fingerprint density at radius 1 is 0.761 bits per heavy atom. The van der Waals surface area contributed by atoms with Gasteiger partial charge in [0.25, 0.3) is 5.91 Å². The molecule has 4 rings (SSSR count). The van der Waals surface area contributed by atoms with Crippen molar-refractivity contribution in [2.24, 2.45) is 5.92 Å². The number of carbonyl (C=O) groups is 3. The van der Waals surface area contributed by atoms with E-state index in [2.05, 4.69) is 5.32 Å². The van der Waals surface area contributed by atoms with Gasteiger partial charge in [0.15, 0.2) is 17.3 Å². The molecule has 0 heterocycles. The molecule has 0 aliphatic carbocycles. The maximum atomic E-state index is 12.9. The molecule has 46 heavy (non-hydrogen) atoms. The number of ketones is 1. The summed E-state index contributed by atoms with van der Waals surface area (Å²) < 4.78 is 16.4. The molecular weight excluding hydrogens is 580 g/mol. The van der Waals surface area contributed by atoms with Crippen LogP contribution in [-0.4, -0.2) is 49.8 Å². The molecule has 0 aliphatic heterocycles. The molecule has 8 nitrogen and oxygen atoms in total. The van der Waals surface area contributed by atoms with Crippen LogP contribution in [0.25, 0.3) is 0 Å². The van der Waals surface area contributed by atoms with Crippen molar-refractivity contribution in [1.82, 2.24) is 10.2 Å². The van der Waals surface area contributed by atoms with Gasteiger partial charge in [0.2, 0.25) is 5.91 Å². The lowest BCUT2D eigenvalue weighted by Gasteiger charge is -2.25. The molecule has 0 bridgehead atoms. The smallest absolute Gasteiger partial charge is 0.251 e. The third-order valence-corrected chi connectivity index (χ3v) is 7.12. The molecule has 4 aromatic rings. The Kier molecular flexibility index (Phi) is 13.8. The van der Waals surface area contributed by atoms with E-state index >= 15 is 0 Å². The van der Waals surface area contributed by atoms with Crippen LogP contribution in [0.15, 0.2) is 97.1 Å². The molecule has 0 saturated heterocycles. The van der Waals surface area contributed by atoms with Crippen molar-refractivity contribution in [3.8, 4) is 17.2 Å². The van der Waals surface area contributed by atoms with Crippen LogP contribution in [0.2, 0.25) is 0 Å². The summed E-state index contributed by atoms with van der Waals surface area (Å²) in [5, 5.41) is 2.91. The molecular formula is C38H44N2O6. The number of aryl methyl sites for hydroxylation is 1. The fourth-order valence-corrected chi connectivity index (χ4v) is 4.45. The SMILES string of the molecule is COc1cc(CN(CCNC(=O)c2ccc(C)cc2)C(=O)C(C)C)ccc1OCc1ccccc1.COc1ccc(C(C)=O)cc1. The summed E-state index contributed by atoms with van der Waals surface area (Å²) in [6, 6.07) is 30.1. The average Bonchev–Trinajstić information content (AvgIpc) is 3.07. The van der Waals surface area contributed by atoms with Crippen LogP contribution in [0, 0.1) is 12.8 Å². The second kappa shape index (κ2) is 18.0. The summed E-state index contributed by atoms with van der Waals surface area (Å²) >= 11 is 0. The van der Waals surface area contributed by atoms with E-state index in [0.717, 1.165) is 22.4 Å². The Hall–Kier alpha value is -5.11. The van der Waals surface area contributed by atoms with Crippen LogP contribution in [0.3, 0.4) is 0 Å². The lowest BCUT2D eigenvalue weighted by atomic mass is 10.1. The third kappa shape index (κ3) is 11.1. The number of methoxy groups -OCH3 is 2. The van der Waals surface area contributed by atoms with Gasteiger partial charge in [-0.05, 0) is 73.5 Å². The van der Waals surface area contributed by atoms with E-state index in [9.17, 15) is 14.4 Å². The van der Waals surface area contributed by atoms with Gasteiger partial charge in [-0.15, -0.1) is 0 Å². The summed E-state index contributed by atoms with van der Waals surface area (Å²) in [5.41, 5.74) is 4.41. The number of amides is 2. The predicted molar refractivity (Wildman–Crippen MR) is 181 cm³/mol. The summed E-state index contributed by atoms with van der Waals surface area (Å²) in [5.74, 6) is 1.83. The first-order valence-electron chi connectivity index (χ1n) is 15.2. The number of nitrogens with one attached hydrogen (secondary N) is 1. The van der Waals surface area contributed by atoms with Crippen molar-refractivity contribution in [2.75, 3.05) is 27.3 Å². The van der Waals surface area contributed by atoms with Crippen LogP contribution in [0.5, 0.6) is 17.2 Å². The van der Waals surface area contributed by atoms with Crippen molar-refractivity contribution in [2.45, 2.75) is 40.8 Å².